The molecule has 1 unspecified atom stereocenters. The Labute approximate surface area is 125 Å². The molecule has 0 fully saturated rings. The molecule has 0 aromatic heterocycles. The first-order chi connectivity index (χ1) is 9.66. The molecular weight excluding hydrogens is 295 g/mol. The average molecular weight is 309 g/mol. The third-order valence-electron chi connectivity index (χ3n) is 2.76. The van der Waals surface area contributed by atoms with Gasteiger partial charge in [0.05, 0.1) is 5.75 Å². The van der Waals surface area contributed by atoms with E-state index in [1.54, 1.807) is 12.1 Å². The van der Waals surface area contributed by atoms with Crippen LogP contribution in [0.15, 0.2) is 54.6 Å². The van der Waals surface area contributed by atoms with Crippen molar-refractivity contribution < 1.29 is 8.60 Å². The molecule has 0 saturated carbocycles. The van der Waals surface area contributed by atoms with Crippen LogP contribution >= 0.6 is 11.6 Å². The number of benzene rings is 2. The summed E-state index contributed by atoms with van der Waals surface area (Å²) in [7, 11) is -1.18. The van der Waals surface area contributed by atoms with Crippen LogP contribution in [-0.2, 0) is 16.6 Å². The largest absolute Gasteiger partial charge is 0.259 e. The fourth-order valence-corrected chi connectivity index (χ4v) is 3.10. The minimum atomic E-state index is -1.18. The predicted molar refractivity (Wildman–Crippen MR) is 83.6 cm³/mol. The molecule has 0 radical (unpaired) electrons. The Morgan fingerprint density at radius 3 is 2.55 bits per heavy atom. The van der Waals surface area contributed by atoms with E-state index in [9.17, 15) is 8.60 Å². The lowest BCUT2D eigenvalue weighted by Crippen LogP contribution is -2.01. The summed E-state index contributed by atoms with van der Waals surface area (Å²) in [5.74, 6) is 0.0994. The van der Waals surface area contributed by atoms with Crippen molar-refractivity contribution in [1.82, 2.24) is 0 Å². The average Bonchev–Trinajstić information content (AvgIpc) is 2.44. The van der Waals surface area contributed by atoms with E-state index in [0.717, 1.165) is 5.56 Å². The van der Waals surface area contributed by atoms with Gasteiger partial charge in [-0.1, -0.05) is 60.2 Å². The van der Waals surface area contributed by atoms with Gasteiger partial charge in [0.2, 0.25) is 0 Å². The monoisotopic (exact) mass is 308 g/mol. The van der Waals surface area contributed by atoms with Crippen LogP contribution in [-0.4, -0.2) is 9.96 Å². The predicted octanol–water partition coefficient (Wildman–Crippen LogP) is 4.44. The Balaban J connectivity index is 1.95. The summed E-state index contributed by atoms with van der Waals surface area (Å²) in [6, 6.07) is 14.2. The van der Waals surface area contributed by atoms with E-state index < -0.39 is 16.6 Å². The third-order valence-corrected chi connectivity index (χ3v) is 4.29. The molecule has 1 nitrogen and oxygen atoms in total. The SMILES string of the molecule is O=S(C/C=C/c1ccccc1)Cc1c(F)cccc1Cl. The van der Waals surface area contributed by atoms with Crippen LogP contribution in [0.2, 0.25) is 5.02 Å². The van der Waals surface area contributed by atoms with Gasteiger partial charge in [-0.3, -0.25) is 4.21 Å². The van der Waals surface area contributed by atoms with Gasteiger partial charge in [0, 0.05) is 27.1 Å². The number of halogens is 2. The van der Waals surface area contributed by atoms with Crippen LogP contribution in [0.4, 0.5) is 4.39 Å². The van der Waals surface area contributed by atoms with E-state index in [0.29, 0.717) is 16.3 Å². The van der Waals surface area contributed by atoms with E-state index >= 15 is 0 Å². The smallest absolute Gasteiger partial charge is 0.128 e. The van der Waals surface area contributed by atoms with Crippen LogP contribution < -0.4 is 0 Å². The maximum atomic E-state index is 13.6. The van der Waals surface area contributed by atoms with Gasteiger partial charge < -0.3 is 0 Å². The zero-order valence-corrected chi connectivity index (χ0v) is 12.3. The van der Waals surface area contributed by atoms with Gasteiger partial charge >= 0.3 is 0 Å². The first-order valence-corrected chi connectivity index (χ1v) is 8.03. The molecule has 0 aliphatic rings. The molecule has 2 aromatic rings. The van der Waals surface area contributed by atoms with Crippen molar-refractivity contribution in [1.29, 1.82) is 0 Å². The normalized spacial score (nSPS) is 12.7. The number of hydrogen-bond donors (Lipinski definition) is 0. The number of hydrogen-bond acceptors (Lipinski definition) is 1. The molecule has 0 aliphatic carbocycles. The summed E-state index contributed by atoms with van der Waals surface area (Å²) in [4.78, 5) is 0. The molecule has 0 spiro atoms. The zero-order chi connectivity index (χ0) is 14.4. The van der Waals surface area contributed by atoms with Gasteiger partial charge in [0.1, 0.15) is 5.82 Å². The fourth-order valence-electron chi connectivity index (χ4n) is 1.75. The lowest BCUT2D eigenvalue weighted by Gasteiger charge is -2.04. The molecule has 4 heteroatoms. The second-order valence-electron chi connectivity index (χ2n) is 4.26. The van der Waals surface area contributed by atoms with Crippen LogP contribution in [0, 0.1) is 5.82 Å². The van der Waals surface area contributed by atoms with Gasteiger partial charge in [0.25, 0.3) is 0 Å². The maximum Gasteiger partial charge on any atom is 0.128 e. The molecule has 0 N–H and O–H groups in total. The molecule has 2 rings (SSSR count). The molecular formula is C16H14ClFOS. The fraction of sp³-hybridized carbons (Fsp3) is 0.125. The summed E-state index contributed by atoms with van der Waals surface area (Å²) in [6.45, 7) is 0. The highest BCUT2D eigenvalue weighted by atomic mass is 35.5. The molecule has 1 atom stereocenters. The minimum Gasteiger partial charge on any atom is -0.259 e. The molecule has 0 amide bonds. The van der Waals surface area contributed by atoms with Crippen molar-refractivity contribution >= 4 is 28.5 Å². The highest BCUT2D eigenvalue weighted by Gasteiger charge is 2.09. The molecule has 104 valence electrons. The molecule has 20 heavy (non-hydrogen) atoms. The molecule has 0 bridgehead atoms. The zero-order valence-electron chi connectivity index (χ0n) is 10.8. The Morgan fingerprint density at radius 1 is 1.10 bits per heavy atom. The maximum absolute atomic E-state index is 13.6. The third kappa shape index (κ3) is 4.29. The van der Waals surface area contributed by atoms with Gasteiger partial charge in [0.15, 0.2) is 0 Å². The van der Waals surface area contributed by atoms with Gasteiger partial charge in [-0.2, -0.15) is 0 Å². The molecule has 0 heterocycles. The van der Waals surface area contributed by atoms with Gasteiger partial charge in [-0.05, 0) is 17.7 Å². The second-order valence-corrected chi connectivity index (χ2v) is 6.17. The van der Waals surface area contributed by atoms with Crippen LogP contribution in [0.5, 0.6) is 0 Å². The van der Waals surface area contributed by atoms with E-state index in [1.165, 1.54) is 6.07 Å². The summed E-state index contributed by atoms with van der Waals surface area (Å²) in [5.41, 5.74) is 1.37. The highest BCUT2D eigenvalue weighted by Crippen LogP contribution is 2.20. The van der Waals surface area contributed by atoms with E-state index in [2.05, 4.69) is 0 Å². The Hall–Kier alpha value is -1.45. The summed E-state index contributed by atoms with van der Waals surface area (Å²) < 4.78 is 25.5. The standard InChI is InChI=1S/C16H14ClFOS/c17-15-9-4-10-16(18)14(15)12-20(19)11-5-8-13-6-2-1-3-7-13/h1-10H,11-12H2/b8-5+. The quantitative estimate of drug-likeness (QED) is 0.798. The van der Waals surface area contributed by atoms with Gasteiger partial charge in [-0.15, -0.1) is 0 Å². The first kappa shape index (κ1) is 14.9. The topological polar surface area (TPSA) is 17.1 Å². The number of rotatable bonds is 5. The first-order valence-electron chi connectivity index (χ1n) is 6.16. The van der Waals surface area contributed by atoms with E-state index in [-0.39, 0.29) is 5.75 Å². The highest BCUT2D eigenvalue weighted by molar-refractivity contribution is 7.84. The summed E-state index contributed by atoms with van der Waals surface area (Å²) >= 11 is 5.91. The summed E-state index contributed by atoms with van der Waals surface area (Å²) in [5, 5.41) is 0.324. The Morgan fingerprint density at radius 2 is 1.85 bits per heavy atom. The van der Waals surface area contributed by atoms with Crippen LogP contribution in [0.3, 0.4) is 0 Å². The van der Waals surface area contributed by atoms with Crippen molar-refractivity contribution in [3.63, 3.8) is 0 Å². The second kappa shape index (κ2) is 7.36. The van der Waals surface area contributed by atoms with Crippen molar-refractivity contribution in [3.05, 3.63) is 76.6 Å². The molecule has 0 saturated heterocycles. The van der Waals surface area contributed by atoms with E-state index in [1.807, 2.05) is 42.5 Å². The van der Waals surface area contributed by atoms with Crippen LogP contribution in [0.1, 0.15) is 11.1 Å². The minimum absolute atomic E-state index is 0.130. The molecule has 0 aliphatic heterocycles. The van der Waals surface area contributed by atoms with E-state index in [4.69, 9.17) is 11.6 Å². The lowest BCUT2D eigenvalue weighted by atomic mass is 10.2. The van der Waals surface area contributed by atoms with Crippen molar-refractivity contribution in [2.24, 2.45) is 0 Å². The van der Waals surface area contributed by atoms with Crippen molar-refractivity contribution in [2.75, 3.05) is 5.75 Å². The Bertz CT molecular complexity index is 605. The van der Waals surface area contributed by atoms with Crippen molar-refractivity contribution in [2.45, 2.75) is 5.75 Å². The summed E-state index contributed by atoms with van der Waals surface area (Å²) in [6.07, 6.45) is 3.74. The lowest BCUT2D eigenvalue weighted by molar-refractivity contribution is 0.615. The van der Waals surface area contributed by atoms with Crippen molar-refractivity contribution in [3.8, 4) is 0 Å². The Kier molecular flexibility index (Phi) is 5.50. The van der Waals surface area contributed by atoms with Gasteiger partial charge in [-0.25, -0.2) is 4.39 Å². The van der Waals surface area contributed by atoms with Crippen LogP contribution in [0.25, 0.3) is 6.08 Å². The molecule has 2 aromatic carbocycles.